The summed E-state index contributed by atoms with van der Waals surface area (Å²) in [5.74, 6) is 2.12. The first-order chi connectivity index (χ1) is 5.36. The van der Waals surface area contributed by atoms with Crippen molar-refractivity contribution in [1.29, 1.82) is 0 Å². The standard InChI is InChI=1S/C11H22/c1-3-10(4-2)9-11-7-5-6-8-11/h10-11H,3-9H2,1-2H3. The average molecular weight is 154 g/mol. The highest BCUT2D eigenvalue weighted by molar-refractivity contribution is 4.70. The fourth-order valence-electron chi connectivity index (χ4n) is 2.34. The Morgan fingerprint density at radius 2 is 1.64 bits per heavy atom. The molecule has 66 valence electrons. The summed E-state index contributed by atoms with van der Waals surface area (Å²) in [4.78, 5) is 0. The molecule has 0 saturated heterocycles. The molecule has 0 heteroatoms. The van der Waals surface area contributed by atoms with Crippen molar-refractivity contribution >= 4 is 0 Å². The lowest BCUT2D eigenvalue weighted by Gasteiger charge is -2.16. The van der Waals surface area contributed by atoms with Crippen LogP contribution in [-0.4, -0.2) is 0 Å². The molecule has 0 nitrogen and oxygen atoms in total. The molecule has 11 heavy (non-hydrogen) atoms. The quantitative estimate of drug-likeness (QED) is 0.574. The summed E-state index contributed by atoms with van der Waals surface area (Å²) in [6, 6.07) is 0. The van der Waals surface area contributed by atoms with Crippen molar-refractivity contribution in [1.82, 2.24) is 0 Å². The first-order valence-electron chi connectivity index (χ1n) is 5.36. The lowest BCUT2D eigenvalue weighted by Crippen LogP contribution is -2.04. The molecule has 1 aliphatic rings. The third-order valence-electron chi connectivity index (χ3n) is 3.30. The van der Waals surface area contributed by atoms with Crippen LogP contribution in [0.5, 0.6) is 0 Å². The lowest BCUT2D eigenvalue weighted by molar-refractivity contribution is 0.358. The zero-order chi connectivity index (χ0) is 8.10. The minimum atomic E-state index is 1.03. The molecule has 0 unspecified atom stereocenters. The third kappa shape index (κ3) is 2.84. The van der Waals surface area contributed by atoms with E-state index in [-0.39, 0.29) is 0 Å². The molecule has 0 amide bonds. The Bertz CT molecular complexity index is 86.2. The van der Waals surface area contributed by atoms with Crippen molar-refractivity contribution in [2.24, 2.45) is 11.8 Å². The fraction of sp³-hybridized carbons (Fsp3) is 1.00. The van der Waals surface area contributed by atoms with E-state index in [2.05, 4.69) is 13.8 Å². The van der Waals surface area contributed by atoms with Crippen LogP contribution in [0, 0.1) is 11.8 Å². The smallest absolute Gasteiger partial charge is 0.0412 e. The van der Waals surface area contributed by atoms with Crippen LogP contribution >= 0.6 is 0 Å². The van der Waals surface area contributed by atoms with E-state index >= 15 is 0 Å². The third-order valence-corrected chi connectivity index (χ3v) is 3.30. The molecule has 0 N–H and O–H groups in total. The molecule has 0 radical (unpaired) electrons. The molecule has 0 aromatic rings. The van der Waals surface area contributed by atoms with Gasteiger partial charge in [-0.25, -0.2) is 0 Å². The van der Waals surface area contributed by atoms with Gasteiger partial charge in [-0.2, -0.15) is 0 Å². The van der Waals surface area contributed by atoms with Crippen molar-refractivity contribution in [3.8, 4) is 0 Å². The van der Waals surface area contributed by atoms with Crippen LogP contribution in [0.1, 0.15) is 58.8 Å². The summed E-state index contributed by atoms with van der Waals surface area (Å²) in [7, 11) is 0. The Hall–Kier alpha value is 0. The Morgan fingerprint density at radius 3 is 2.09 bits per heavy atom. The van der Waals surface area contributed by atoms with Gasteiger partial charge in [0.2, 0.25) is 0 Å². The normalized spacial score (nSPS) is 19.9. The predicted molar refractivity (Wildman–Crippen MR) is 50.6 cm³/mol. The van der Waals surface area contributed by atoms with Gasteiger partial charge in [0.05, 0.1) is 0 Å². The highest BCUT2D eigenvalue weighted by Gasteiger charge is 2.17. The van der Waals surface area contributed by atoms with E-state index in [1.54, 1.807) is 0 Å². The summed E-state index contributed by atoms with van der Waals surface area (Å²) in [6.45, 7) is 4.67. The second kappa shape index (κ2) is 4.79. The van der Waals surface area contributed by atoms with E-state index in [4.69, 9.17) is 0 Å². The van der Waals surface area contributed by atoms with Crippen LogP contribution in [0.25, 0.3) is 0 Å². The Balaban J connectivity index is 2.16. The summed E-state index contributed by atoms with van der Waals surface area (Å²) in [5.41, 5.74) is 0. The van der Waals surface area contributed by atoms with E-state index in [0.29, 0.717) is 0 Å². The van der Waals surface area contributed by atoms with E-state index in [0.717, 1.165) is 11.8 Å². The molecule has 0 aliphatic heterocycles. The van der Waals surface area contributed by atoms with Gasteiger partial charge in [0.15, 0.2) is 0 Å². The van der Waals surface area contributed by atoms with E-state index in [9.17, 15) is 0 Å². The molecule has 1 saturated carbocycles. The predicted octanol–water partition coefficient (Wildman–Crippen LogP) is 4.00. The van der Waals surface area contributed by atoms with Gasteiger partial charge < -0.3 is 0 Å². The Labute approximate surface area is 71.4 Å². The molecule has 1 rings (SSSR count). The highest BCUT2D eigenvalue weighted by atomic mass is 14.2. The van der Waals surface area contributed by atoms with Gasteiger partial charge in [0, 0.05) is 0 Å². The average Bonchev–Trinajstić information content (AvgIpc) is 2.52. The van der Waals surface area contributed by atoms with Gasteiger partial charge in [-0.15, -0.1) is 0 Å². The molecule has 0 spiro atoms. The fourth-order valence-corrected chi connectivity index (χ4v) is 2.34. The van der Waals surface area contributed by atoms with Crippen LogP contribution in [0.2, 0.25) is 0 Å². The summed E-state index contributed by atoms with van der Waals surface area (Å²) >= 11 is 0. The van der Waals surface area contributed by atoms with Crippen LogP contribution in [0.4, 0.5) is 0 Å². The molecule has 0 atom stereocenters. The zero-order valence-electron chi connectivity index (χ0n) is 8.10. The highest BCUT2D eigenvalue weighted by Crippen LogP contribution is 2.32. The van der Waals surface area contributed by atoms with Crippen molar-refractivity contribution in [3.05, 3.63) is 0 Å². The van der Waals surface area contributed by atoms with Crippen LogP contribution in [0.15, 0.2) is 0 Å². The van der Waals surface area contributed by atoms with E-state index in [1.165, 1.54) is 44.9 Å². The molecule has 1 fully saturated rings. The molecular weight excluding hydrogens is 132 g/mol. The first kappa shape index (κ1) is 9.09. The summed E-state index contributed by atoms with van der Waals surface area (Å²) in [5, 5.41) is 0. The maximum absolute atomic E-state index is 2.34. The second-order valence-electron chi connectivity index (χ2n) is 4.07. The number of rotatable bonds is 4. The van der Waals surface area contributed by atoms with Gasteiger partial charge in [0.25, 0.3) is 0 Å². The largest absolute Gasteiger partial charge is 0.0651 e. The SMILES string of the molecule is CCC(CC)CC1CCCC1. The van der Waals surface area contributed by atoms with Crippen LogP contribution in [-0.2, 0) is 0 Å². The van der Waals surface area contributed by atoms with Crippen molar-refractivity contribution in [2.75, 3.05) is 0 Å². The molecule has 0 heterocycles. The summed E-state index contributed by atoms with van der Waals surface area (Å²) < 4.78 is 0. The van der Waals surface area contributed by atoms with E-state index < -0.39 is 0 Å². The molecule has 1 aliphatic carbocycles. The van der Waals surface area contributed by atoms with Crippen molar-refractivity contribution < 1.29 is 0 Å². The minimum absolute atomic E-state index is 1.03. The summed E-state index contributed by atoms with van der Waals surface area (Å²) in [6.07, 6.45) is 10.4. The van der Waals surface area contributed by atoms with Gasteiger partial charge in [-0.05, 0) is 18.3 Å². The van der Waals surface area contributed by atoms with Crippen molar-refractivity contribution in [3.63, 3.8) is 0 Å². The van der Waals surface area contributed by atoms with Gasteiger partial charge in [0.1, 0.15) is 0 Å². The molecule has 0 aromatic heterocycles. The number of hydrogen-bond donors (Lipinski definition) is 0. The number of hydrogen-bond acceptors (Lipinski definition) is 0. The minimum Gasteiger partial charge on any atom is -0.0651 e. The zero-order valence-corrected chi connectivity index (χ0v) is 8.10. The molecular formula is C11H22. The van der Waals surface area contributed by atoms with Gasteiger partial charge >= 0.3 is 0 Å². The topological polar surface area (TPSA) is 0 Å². The second-order valence-corrected chi connectivity index (χ2v) is 4.07. The lowest BCUT2D eigenvalue weighted by atomic mass is 9.90. The van der Waals surface area contributed by atoms with Crippen LogP contribution < -0.4 is 0 Å². The van der Waals surface area contributed by atoms with Crippen molar-refractivity contribution in [2.45, 2.75) is 58.8 Å². The monoisotopic (exact) mass is 154 g/mol. The van der Waals surface area contributed by atoms with Crippen LogP contribution in [0.3, 0.4) is 0 Å². The molecule has 0 aromatic carbocycles. The van der Waals surface area contributed by atoms with Gasteiger partial charge in [-0.1, -0.05) is 52.4 Å². The molecule has 0 bridgehead atoms. The Morgan fingerprint density at radius 1 is 1.09 bits per heavy atom. The maximum atomic E-state index is 2.34. The first-order valence-corrected chi connectivity index (χ1v) is 5.36. The Kier molecular flexibility index (Phi) is 3.96. The maximum Gasteiger partial charge on any atom is -0.0412 e. The van der Waals surface area contributed by atoms with E-state index in [1.807, 2.05) is 0 Å². The van der Waals surface area contributed by atoms with Gasteiger partial charge in [-0.3, -0.25) is 0 Å².